The molecule has 6 nitrogen and oxygen atoms in total. The van der Waals surface area contributed by atoms with Crippen LogP contribution in [0.25, 0.3) is 0 Å². The number of hydrogen-bond donors (Lipinski definition) is 3. The first-order chi connectivity index (χ1) is 13.2. The topological polar surface area (TPSA) is 109 Å². The van der Waals surface area contributed by atoms with E-state index in [4.69, 9.17) is 5.73 Å². The zero-order valence-corrected chi connectivity index (χ0v) is 17.7. The van der Waals surface area contributed by atoms with Crippen molar-refractivity contribution in [2.75, 3.05) is 12.0 Å². The number of hydrogen-bond acceptors (Lipinski definition) is 5. The molecule has 0 heterocycles. The molecule has 1 aromatic rings. The first-order valence-electron chi connectivity index (χ1n) is 9.58. The van der Waals surface area contributed by atoms with Crippen LogP contribution in [0.3, 0.4) is 0 Å². The third kappa shape index (κ3) is 8.89. The molecule has 0 aromatic heterocycles. The fraction of sp³-hybridized carbons (Fsp3) is 0.571. The van der Waals surface area contributed by atoms with Crippen LogP contribution in [0.4, 0.5) is 0 Å². The Kier molecular flexibility index (Phi) is 10.9. The minimum atomic E-state index is -1.06. The highest BCUT2D eigenvalue weighted by Gasteiger charge is 2.28. The molecule has 0 aliphatic rings. The molecule has 0 spiro atoms. The van der Waals surface area contributed by atoms with Gasteiger partial charge in [0.25, 0.3) is 0 Å². The number of Topliss-reactive ketones (excluding diaryl/α,β-unsaturated/α-hetero) is 1. The van der Waals surface area contributed by atoms with Crippen molar-refractivity contribution in [3.63, 3.8) is 0 Å². The van der Waals surface area contributed by atoms with E-state index in [0.29, 0.717) is 25.0 Å². The standard InChI is InChI=1S/C21H32N2O4S/c1-14(2)11-18(21(26)27)23-20(25)16(9-10-28-3)13-19(24)17(22)12-15-7-5-4-6-8-15/h4-8,14,16-18H,9-13,22H2,1-3H3,(H,23,25)(H,26,27)/t16-,17+,18+/m1/s1. The lowest BCUT2D eigenvalue weighted by Gasteiger charge is -2.22. The van der Waals surface area contributed by atoms with E-state index in [-0.39, 0.29) is 24.0 Å². The lowest BCUT2D eigenvalue weighted by Crippen LogP contribution is -2.45. The van der Waals surface area contributed by atoms with Crippen LogP contribution < -0.4 is 11.1 Å². The maximum absolute atomic E-state index is 12.7. The highest BCUT2D eigenvalue weighted by atomic mass is 32.2. The highest BCUT2D eigenvalue weighted by Crippen LogP contribution is 2.16. The summed E-state index contributed by atoms with van der Waals surface area (Å²) in [5.74, 6) is -1.36. The molecule has 0 bridgehead atoms. The molecule has 1 rings (SSSR count). The summed E-state index contributed by atoms with van der Waals surface area (Å²) in [5, 5.41) is 12.0. The van der Waals surface area contributed by atoms with E-state index in [1.165, 1.54) is 0 Å². The highest BCUT2D eigenvalue weighted by molar-refractivity contribution is 7.98. The van der Waals surface area contributed by atoms with Crippen LogP contribution in [0.1, 0.15) is 38.7 Å². The normalized spacial score (nSPS) is 14.3. The number of nitrogens with one attached hydrogen (secondary N) is 1. The zero-order valence-electron chi connectivity index (χ0n) is 16.9. The first kappa shape index (κ1) is 24.2. The number of carboxylic acids is 1. The van der Waals surface area contributed by atoms with Gasteiger partial charge in [0.15, 0.2) is 5.78 Å². The number of carboxylic acid groups (broad SMARTS) is 1. The predicted octanol–water partition coefficient (Wildman–Crippen LogP) is 2.50. The van der Waals surface area contributed by atoms with Gasteiger partial charge in [0.1, 0.15) is 6.04 Å². The molecule has 1 amide bonds. The fourth-order valence-electron chi connectivity index (χ4n) is 2.94. The van der Waals surface area contributed by atoms with Gasteiger partial charge in [0.05, 0.1) is 6.04 Å². The van der Waals surface area contributed by atoms with Crippen LogP contribution in [0.2, 0.25) is 0 Å². The van der Waals surface area contributed by atoms with E-state index >= 15 is 0 Å². The number of nitrogens with two attached hydrogens (primary N) is 1. The molecule has 7 heteroatoms. The van der Waals surface area contributed by atoms with Crippen molar-refractivity contribution in [3.05, 3.63) is 35.9 Å². The second-order valence-electron chi connectivity index (χ2n) is 7.47. The average molecular weight is 409 g/mol. The van der Waals surface area contributed by atoms with Crippen molar-refractivity contribution in [2.45, 2.75) is 51.6 Å². The number of carbonyl (C=O) groups excluding carboxylic acids is 2. The van der Waals surface area contributed by atoms with Crippen molar-refractivity contribution in [3.8, 4) is 0 Å². The van der Waals surface area contributed by atoms with Gasteiger partial charge in [-0.1, -0.05) is 44.2 Å². The Morgan fingerprint density at radius 2 is 1.82 bits per heavy atom. The van der Waals surface area contributed by atoms with Crippen molar-refractivity contribution in [1.29, 1.82) is 0 Å². The van der Waals surface area contributed by atoms with Gasteiger partial charge in [-0.3, -0.25) is 9.59 Å². The molecule has 0 saturated carbocycles. The largest absolute Gasteiger partial charge is 0.480 e. The Hall–Kier alpha value is -1.86. The molecular weight excluding hydrogens is 376 g/mol. The minimum absolute atomic E-state index is 0.0222. The summed E-state index contributed by atoms with van der Waals surface area (Å²) in [5.41, 5.74) is 7.03. The number of amides is 1. The number of ketones is 1. The molecule has 4 N–H and O–H groups in total. The molecule has 28 heavy (non-hydrogen) atoms. The van der Waals surface area contributed by atoms with Crippen molar-refractivity contribution < 1.29 is 19.5 Å². The minimum Gasteiger partial charge on any atom is -0.480 e. The lowest BCUT2D eigenvalue weighted by molar-refractivity contribution is -0.143. The smallest absolute Gasteiger partial charge is 0.326 e. The summed E-state index contributed by atoms with van der Waals surface area (Å²) in [6.07, 6.45) is 3.22. The summed E-state index contributed by atoms with van der Waals surface area (Å²) >= 11 is 1.58. The van der Waals surface area contributed by atoms with E-state index < -0.39 is 24.0 Å². The van der Waals surface area contributed by atoms with Gasteiger partial charge in [-0.2, -0.15) is 11.8 Å². The van der Waals surface area contributed by atoms with Crippen LogP contribution in [0.5, 0.6) is 0 Å². The molecule has 0 radical (unpaired) electrons. The molecule has 156 valence electrons. The van der Waals surface area contributed by atoms with E-state index in [2.05, 4.69) is 5.32 Å². The Morgan fingerprint density at radius 1 is 1.18 bits per heavy atom. The predicted molar refractivity (Wildman–Crippen MR) is 113 cm³/mol. The fourth-order valence-corrected chi connectivity index (χ4v) is 3.46. The van der Waals surface area contributed by atoms with Crippen LogP contribution in [-0.4, -0.2) is 46.9 Å². The Morgan fingerprint density at radius 3 is 2.36 bits per heavy atom. The van der Waals surface area contributed by atoms with Gasteiger partial charge < -0.3 is 16.2 Å². The van der Waals surface area contributed by atoms with Crippen molar-refractivity contribution >= 4 is 29.4 Å². The lowest BCUT2D eigenvalue weighted by atomic mass is 9.92. The Balaban J connectivity index is 2.75. The number of aliphatic carboxylic acids is 1. The quantitative estimate of drug-likeness (QED) is 0.463. The second kappa shape index (κ2) is 12.6. The van der Waals surface area contributed by atoms with Crippen molar-refractivity contribution in [1.82, 2.24) is 5.32 Å². The summed E-state index contributed by atoms with van der Waals surface area (Å²) in [6, 6.07) is 7.87. The SMILES string of the molecule is CSCC[C@H](CC(=O)[C@@H](N)Cc1ccccc1)C(=O)N[C@@H](CC(C)C)C(=O)O. The zero-order chi connectivity index (χ0) is 21.1. The number of thioether (sulfide) groups is 1. The average Bonchev–Trinajstić information content (AvgIpc) is 2.64. The maximum Gasteiger partial charge on any atom is 0.326 e. The van der Waals surface area contributed by atoms with E-state index in [9.17, 15) is 19.5 Å². The molecule has 0 unspecified atom stereocenters. The Bertz CT molecular complexity index is 637. The summed E-state index contributed by atoms with van der Waals surface area (Å²) in [4.78, 5) is 36.7. The van der Waals surface area contributed by atoms with Crippen LogP contribution in [0, 0.1) is 11.8 Å². The van der Waals surface area contributed by atoms with Crippen molar-refractivity contribution in [2.24, 2.45) is 17.6 Å². The molecule has 3 atom stereocenters. The number of rotatable bonds is 13. The molecule has 0 aliphatic heterocycles. The molecule has 0 aliphatic carbocycles. The molecule has 0 saturated heterocycles. The van der Waals surface area contributed by atoms with Gasteiger partial charge >= 0.3 is 5.97 Å². The molecule has 1 aromatic carbocycles. The van der Waals surface area contributed by atoms with E-state index in [1.54, 1.807) is 11.8 Å². The van der Waals surface area contributed by atoms with E-state index in [1.807, 2.05) is 50.4 Å². The van der Waals surface area contributed by atoms with Gasteiger partial charge in [0.2, 0.25) is 5.91 Å². The number of carbonyl (C=O) groups is 3. The molecule has 0 fully saturated rings. The Labute approximate surface area is 171 Å². The summed E-state index contributed by atoms with van der Waals surface area (Å²) < 4.78 is 0. The van der Waals surface area contributed by atoms with Gasteiger partial charge in [-0.25, -0.2) is 4.79 Å². The van der Waals surface area contributed by atoms with E-state index in [0.717, 1.165) is 5.56 Å². The molecular formula is C21H32N2O4S. The van der Waals surface area contributed by atoms with Gasteiger partial charge in [0, 0.05) is 12.3 Å². The van der Waals surface area contributed by atoms with Gasteiger partial charge in [-0.05, 0) is 42.8 Å². The monoisotopic (exact) mass is 408 g/mol. The second-order valence-corrected chi connectivity index (χ2v) is 8.46. The third-order valence-corrected chi connectivity index (χ3v) is 5.17. The van der Waals surface area contributed by atoms with Crippen LogP contribution in [-0.2, 0) is 20.8 Å². The third-order valence-electron chi connectivity index (χ3n) is 4.52. The van der Waals surface area contributed by atoms with Gasteiger partial charge in [-0.15, -0.1) is 0 Å². The maximum atomic E-state index is 12.7. The van der Waals surface area contributed by atoms with Crippen LogP contribution in [0.15, 0.2) is 30.3 Å². The van der Waals surface area contributed by atoms with Crippen LogP contribution >= 0.6 is 11.8 Å². The number of benzene rings is 1. The first-order valence-corrected chi connectivity index (χ1v) is 11.0. The summed E-state index contributed by atoms with van der Waals surface area (Å²) in [7, 11) is 0. The summed E-state index contributed by atoms with van der Waals surface area (Å²) in [6.45, 7) is 3.80.